The predicted octanol–water partition coefficient (Wildman–Crippen LogP) is 2.11. The number of hydrogen-bond acceptors (Lipinski definition) is 4. The highest BCUT2D eigenvalue weighted by atomic mass is 19.1. The second kappa shape index (κ2) is 8.87. The molecule has 4 nitrogen and oxygen atoms in total. The van der Waals surface area contributed by atoms with Crippen LogP contribution in [0.4, 0.5) is 10.2 Å². The second-order valence-electron chi connectivity index (χ2n) is 5.12. The molecule has 0 atom stereocenters. The van der Waals surface area contributed by atoms with Crippen molar-refractivity contribution in [3.05, 3.63) is 23.6 Å². The van der Waals surface area contributed by atoms with Crippen LogP contribution in [-0.4, -0.2) is 50.2 Å². The molecule has 0 spiro atoms. The minimum Gasteiger partial charge on any atom is -0.354 e. The molecule has 0 aliphatic carbocycles. The van der Waals surface area contributed by atoms with Crippen molar-refractivity contribution >= 4 is 5.82 Å². The molecule has 1 aromatic rings. The van der Waals surface area contributed by atoms with Crippen molar-refractivity contribution in [2.75, 3.05) is 45.2 Å². The lowest BCUT2D eigenvalue weighted by Gasteiger charge is -2.24. The van der Waals surface area contributed by atoms with Gasteiger partial charge < -0.3 is 15.1 Å². The van der Waals surface area contributed by atoms with E-state index in [1.165, 1.54) is 0 Å². The van der Waals surface area contributed by atoms with Gasteiger partial charge in [0.1, 0.15) is 0 Å². The summed E-state index contributed by atoms with van der Waals surface area (Å²) in [4.78, 5) is 8.37. The van der Waals surface area contributed by atoms with Crippen LogP contribution in [0.3, 0.4) is 0 Å². The summed E-state index contributed by atoms with van der Waals surface area (Å²) in [6, 6.07) is 1.75. The van der Waals surface area contributed by atoms with Gasteiger partial charge >= 0.3 is 0 Å². The number of nitrogens with one attached hydrogen (secondary N) is 1. The number of aromatic nitrogens is 1. The monoisotopic (exact) mass is 282 g/mol. The van der Waals surface area contributed by atoms with Gasteiger partial charge in [0.15, 0.2) is 11.6 Å². The van der Waals surface area contributed by atoms with Crippen LogP contribution in [0.2, 0.25) is 0 Å². The fraction of sp³-hybridized carbons (Fsp3) is 0.667. The van der Waals surface area contributed by atoms with Crippen LogP contribution in [0.1, 0.15) is 25.8 Å². The van der Waals surface area contributed by atoms with Crippen molar-refractivity contribution in [2.24, 2.45) is 0 Å². The van der Waals surface area contributed by atoms with Gasteiger partial charge in [-0.3, -0.25) is 0 Å². The Labute approximate surface area is 122 Å². The Morgan fingerprint density at radius 1 is 1.25 bits per heavy atom. The predicted molar refractivity (Wildman–Crippen MR) is 82.6 cm³/mol. The summed E-state index contributed by atoms with van der Waals surface area (Å²) in [5, 5.41) is 3.15. The van der Waals surface area contributed by atoms with Crippen molar-refractivity contribution in [3.63, 3.8) is 0 Å². The van der Waals surface area contributed by atoms with E-state index in [0.29, 0.717) is 17.9 Å². The molecule has 1 N–H and O–H groups in total. The number of anilines is 1. The molecule has 1 heterocycles. The Balaban J connectivity index is 2.75. The van der Waals surface area contributed by atoms with E-state index in [4.69, 9.17) is 0 Å². The Morgan fingerprint density at radius 2 is 2.00 bits per heavy atom. The van der Waals surface area contributed by atoms with Crippen LogP contribution < -0.4 is 10.2 Å². The highest BCUT2D eigenvalue weighted by Crippen LogP contribution is 2.19. The summed E-state index contributed by atoms with van der Waals surface area (Å²) in [6.45, 7) is 8.01. The maximum atomic E-state index is 14.5. The molecule has 0 unspecified atom stereocenters. The number of halogens is 1. The third kappa shape index (κ3) is 5.06. The van der Waals surface area contributed by atoms with Crippen molar-refractivity contribution in [1.29, 1.82) is 0 Å². The molecule has 0 bridgehead atoms. The first-order valence-electron chi connectivity index (χ1n) is 7.33. The van der Waals surface area contributed by atoms with Gasteiger partial charge in [0, 0.05) is 31.4 Å². The van der Waals surface area contributed by atoms with E-state index in [0.717, 1.165) is 32.6 Å². The van der Waals surface area contributed by atoms with Crippen molar-refractivity contribution in [3.8, 4) is 0 Å². The third-order valence-electron chi connectivity index (χ3n) is 3.23. The van der Waals surface area contributed by atoms with Crippen LogP contribution >= 0.6 is 0 Å². The summed E-state index contributed by atoms with van der Waals surface area (Å²) in [6.07, 6.45) is 2.69. The molecule has 0 aromatic carbocycles. The SMILES string of the molecule is CCNCc1ccnc(N(CC)CCCN(C)C)c1F. The van der Waals surface area contributed by atoms with Crippen LogP contribution in [-0.2, 0) is 6.54 Å². The summed E-state index contributed by atoms with van der Waals surface area (Å²) in [5.41, 5.74) is 0.683. The van der Waals surface area contributed by atoms with E-state index in [-0.39, 0.29) is 5.82 Å². The molecule has 0 aliphatic rings. The minimum atomic E-state index is -0.194. The molecule has 5 heteroatoms. The van der Waals surface area contributed by atoms with Crippen molar-refractivity contribution < 1.29 is 4.39 Å². The second-order valence-corrected chi connectivity index (χ2v) is 5.12. The minimum absolute atomic E-state index is 0.194. The Morgan fingerprint density at radius 3 is 2.60 bits per heavy atom. The summed E-state index contributed by atoms with van der Waals surface area (Å²) < 4.78 is 14.5. The van der Waals surface area contributed by atoms with Gasteiger partial charge in [-0.1, -0.05) is 6.92 Å². The standard InChI is InChI=1S/C15H27FN4/c1-5-17-12-13-8-9-18-15(14(13)16)20(6-2)11-7-10-19(3)4/h8-9,17H,5-7,10-12H2,1-4H3. The summed E-state index contributed by atoms with van der Waals surface area (Å²) >= 11 is 0. The van der Waals surface area contributed by atoms with Crippen molar-refractivity contribution in [2.45, 2.75) is 26.8 Å². The maximum absolute atomic E-state index is 14.5. The Kier molecular flexibility index (Phi) is 7.47. The molecule has 0 saturated heterocycles. The quantitative estimate of drug-likeness (QED) is 0.751. The van der Waals surface area contributed by atoms with E-state index in [1.807, 2.05) is 32.8 Å². The molecule has 0 saturated carbocycles. The molecule has 114 valence electrons. The fourth-order valence-corrected chi connectivity index (χ4v) is 2.08. The fourth-order valence-electron chi connectivity index (χ4n) is 2.08. The van der Waals surface area contributed by atoms with Gasteiger partial charge in [0.05, 0.1) is 0 Å². The zero-order valence-corrected chi connectivity index (χ0v) is 13.1. The smallest absolute Gasteiger partial charge is 0.170 e. The van der Waals surface area contributed by atoms with Gasteiger partial charge in [-0.15, -0.1) is 0 Å². The van der Waals surface area contributed by atoms with Gasteiger partial charge in [-0.25, -0.2) is 9.37 Å². The number of rotatable bonds is 9. The molecule has 1 aromatic heterocycles. The summed E-state index contributed by atoms with van der Waals surface area (Å²) in [7, 11) is 4.10. The Bertz CT molecular complexity index is 395. The molecule has 1 rings (SSSR count). The number of hydrogen-bond donors (Lipinski definition) is 1. The van der Waals surface area contributed by atoms with E-state index < -0.39 is 0 Å². The topological polar surface area (TPSA) is 31.4 Å². The van der Waals surface area contributed by atoms with Gasteiger partial charge in [0.25, 0.3) is 0 Å². The maximum Gasteiger partial charge on any atom is 0.170 e. The number of nitrogens with zero attached hydrogens (tertiary/aromatic N) is 3. The lowest BCUT2D eigenvalue weighted by atomic mass is 10.2. The van der Waals surface area contributed by atoms with Gasteiger partial charge in [0.2, 0.25) is 0 Å². The summed E-state index contributed by atoms with van der Waals surface area (Å²) in [5.74, 6) is 0.279. The molecular weight excluding hydrogens is 255 g/mol. The van der Waals surface area contributed by atoms with Crippen LogP contribution in [0.5, 0.6) is 0 Å². The molecular formula is C15H27FN4. The third-order valence-corrected chi connectivity index (χ3v) is 3.23. The largest absolute Gasteiger partial charge is 0.354 e. The zero-order valence-electron chi connectivity index (χ0n) is 13.1. The van der Waals surface area contributed by atoms with Gasteiger partial charge in [-0.2, -0.15) is 0 Å². The normalized spacial score (nSPS) is 11.1. The first-order chi connectivity index (χ1) is 9.60. The molecule has 0 aliphatic heterocycles. The number of pyridine rings is 1. The highest BCUT2D eigenvalue weighted by Gasteiger charge is 2.14. The first-order valence-corrected chi connectivity index (χ1v) is 7.33. The van der Waals surface area contributed by atoms with E-state index in [1.54, 1.807) is 12.3 Å². The van der Waals surface area contributed by atoms with Crippen LogP contribution in [0, 0.1) is 5.82 Å². The van der Waals surface area contributed by atoms with Crippen LogP contribution in [0.15, 0.2) is 12.3 Å². The van der Waals surface area contributed by atoms with E-state index >= 15 is 0 Å². The van der Waals surface area contributed by atoms with Gasteiger partial charge in [-0.05, 0) is 46.6 Å². The molecule has 0 fully saturated rings. The van der Waals surface area contributed by atoms with E-state index in [9.17, 15) is 4.39 Å². The zero-order chi connectivity index (χ0) is 15.0. The molecule has 20 heavy (non-hydrogen) atoms. The average molecular weight is 282 g/mol. The lowest BCUT2D eigenvalue weighted by molar-refractivity contribution is 0.400. The highest BCUT2D eigenvalue weighted by molar-refractivity contribution is 5.42. The Hall–Kier alpha value is -1.20. The van der Waals surface area contributed by atoms with Crippen molar-refractivity contribution in [1.82, 2.24) is 15.2 Å². The van der Waals surface area contributed by atoms with E-state index in [2.05, 4.69) is 15.2 Å². The first kappa shape index (κ1) is 16.9. The molecule has 0 amide bonds. The molecule has 0 radical (unpaired) electrons. The average Bonchev–Trinajstić information content (AvgIpc) is 2.43. The lowest BCUT2D eigenvalue weighted by Crippen LogP contribution is -2.29. The van der Waals surface area contributed by atoms with Crippen LogP contribution in [0.25, 0.3) is 0 Å².